The van der Waals surface area contributed by atoms with Gasteiger partial charge >= 0.3 is 5.97 Å². The summed E-state index contributed by atoms with van der Waals surface area (Å²) in [4.78, 5) is 16.5. The van der Waals surface area contributed by atoms with Crippen LogP contribution in [0.5, 0.6) is 0 Å². The van der Waals surface area contributed by atoms with Gasteiger partial charge in [-0.1, -0.05) is 0 Å². The minimum absolute atomic E-state index is 0.0646. The molecule has 1 heterocycles. The monoisotopic (exact) mass is 234 g/mol. The summed E-state index contributed by atoms with van der Waals surface area (Å²) in [6.07, 6.45) is 0.314. The Morgan fingerprint density at radius 1 is 1.71 bits per heavy atom. The van der Waals surface area contributed by atoms with Crippen molar-refractivity contribution in [2.75, 3.05) is 17.7 Å². The van der Waals surface area contributed by atoms with E-state index in [0.717, 1.165) is 0 Å². The number of hydrogen-bond donors (Lipinski definition) is 2. The van der Waals surface area contributed by atoms with Crippen LogP contribution in [0, 0.1) is 11.3 Å². The zero-order valence-electron chi connectivity index (χ0n) is 9.71. The molecule has 0 aliphatic rings. The molecule has 0 radical (unpaired) electrons. The van der Waals surface area contributed by atoms with Crippen molar-refractivity contribution in [1.82, 2.24) is 4.98 Å². The average Bonchev–Trinajstić information content (AvgIpc) is 2.28. The van der Waals surface area contributed by atoms with Gasteiger partial charge in [0, 0.05) is 13.1 Å². The number of nitriles is 1. The zero-order valence-corrected chi connectivity index (χ0v) is 9.71. The Hall–Kier alpha value is -2.29. The van der Waals surface area contributed by atoms with Gasteiger partial charge in [0.05, 0.1) is 18.2 Å². The number of carboxylic acids is 1. The number of carboxylic acid groups (broad SMARTS) is 1. The van der Waals surface area contributed by atoms with Gasteiger partial charge in [-0.2, -0.15) is 5.26 Å². The minimum atomic E-state index is -1.10. The summed E-state index contributed by atoms with van der Waals surface area (Å²) in [6.45, 7) is 1.85. The SMILES string of the molecule is CC(CC#N)N(C)c1nc(C(=O)O)ccc1N. The Bertz CT molecular complexity index is 467. The fourth-order valence-electron chi connectivity index (χ4n) is 1.34. The highest BCUT2D eigenvalue weighted by atomic mass is 16.4. The first-order valence-electron chi connectivity index (χ1n) is 5.07. The van der Waals surface area contributed by atoms with Crippen molar-refractivity contribution < 1.29 is 9.90 Å². The van der Waals surface area contributed by atoms with Gasteiger partial charge in [-0.25, -0.2) is 9.78 Å². The number of hydrogen-bond acceptors (Lipinski definition) is 5. The van der Waals surface area contributed by atoms with Gasteiger partial charge in [0.2, 0.25) is 0 Å². The Labute approximate surface area is 99.3 Å². The van der Waals surface area contributed by atoms with Crippen LogP contribution in [0.15, 0.2) is 12.1 Å². The van der Waals surface area contributed by atoms with Gasteiger partial charge in [-0.15, -0.1) is 0 Å². The number of aromatic nitrogens is 1. The molecule has 1 aromatic heterocycles. The lowest BCUT2D eigenvalue weighted by atomic mass is 10.2. The van der Waals surface area contributed by atoms with Crippen LogP contribution in [0.3, 0.4) is 0 Å². The van der Waals surface area contributed by atoms with Crippen LogP contribution in [0.4, 0.5) is 11.5 Å². The van der Waals surface area contributed by atoms with Crippen LogP contribution in [-0.4, -0.2) is 29.1 Å². The fourth-order valence-corrected chi connectivity index (χ4v) is 1.34. The maximum Gasteiger partial charge on any atom is 0.354 e. The average molecular weight is 234 g/mol. The van der Waals surface area contributed by atoms with Crippen molar-refractivity contribution in [1.29, 1.82) is 5.26 Å². The molecule has 0 amide bonds. The molecule has 0 aliphatic carbocycles. The van der Waals surface area contributed by atoms with Crippen molar-refractivity contribution in [2.45, 2.75) is 19.4 Å². The first-order valence-corrected chi connectivity index (χ1v) is 5.07. The molecular formula is C11H14N4O2. The molecule has 6 nitrogen and oxygen atoms in total. The highest BCUT2D eigenvalue weighted by Crippen LogP contribution is 2.22. The summed E-state index contributed by atoms with van der Waals surface area (Å²) < 4.78 is 0. The molecule has 90 valence electrons. The zero-order chi connectivity index (χ0) is 13.0. The van der Waals surface area contributed by atoms with E-state index in [4.69, 9.17) is 16.1 Å². The molecule has 6 heteroatoms. The topological polar surface area (TPSA) is 103 Å². The van der Waals surface area contributed by atoms with Crippen LogP contribution in [0.1, 0.15) is 23.8 Å². The van der Waals surface area contributed by atoms with Crippen molar-refractivity contribution in [3.63, 3.8) is 0 Å². The molecule has 1 atom stereocenters. The van der Waals surface area contributed by atoms with E-state index in [2.05, 4.69) is 4.98 Å². The predicted octanol–water partition coefficient (Wildman–Crippen LogP) is 1.10. The Kier molecular flexibility index (Phi) is 3.88. The lowest BCUT2D eigenvalue weighted by Gasteiger charge is -2.25. The molecule has 0 saturated carbocycles. The minimum Gasteiger partial charge on any atom is -0.477 e. The normalized spacial score (nSPS) is 11.6. The van der Waals surface area contributed by atoms with E-state index < -0.39 is 5.97 Å². The van der Waals surface area contributed by atoms with Gasteiger partial charge in [-0.05, 0) is 19.1 Å². The lowest BCUT2D eigenvalue weighted by Crippen LogP contribution is -2.30. The number of nitrogens with zero attached hydrogens (tertiary/aromatic N) is 3. The smallest absolute Gasteiger partial charge is 0.354 e. The van der Waals surface area contributed by atoms with Crippen molar-refractivity contribution in [3.8, 4) is 6.07 Å². The molecule has 1 rings (SSSR count). The Morgan fingerprint density at radius 3 is 2.88 bits per heavy atom. The highest BCUT2D eigenvalue weighted by molar-refractivity contribution is 5.87. The van der Waals surface area contributed by atoms with Crippen LogP contribution in [0.25, 0.3) is 0 Å². The van der Waals surface area contributed by atoms with Crippen molar-refractivity contribution in [2.24, 2.45) is 0 Å². The Balaban J connectivity index is 3.08. The molecule has 0 aromatic carbocycles. The third kappa shape index (κ3) is 2.84. The van der Waals surface area contributed by atoms with E-state index in [9.17, 15) is 4.79 Å². The maximum absolute atomic E-state index is 10.8. The van der Waals surface area contributed by atoms with Crippen LogP contribution in [0.2, 0.25) is 0 Å². The molecule has 1 unspecified atom stereocenters. The van der Waals surface area contributed by atoms with Gasteiger partial charge in [0.1, 0.15) is 0 Å². The summed E-state index contributed by atoms with van der Waals surface area (Å²) in [5, 5.41) is 17.5. The van der Waals surface area contributed by atoms with Crippen molar-refractivity contribution in [3.05, 3.63) is 17.8 Å². The highest BCUT2D eigenvalue weighted by Gasteiger charge is 2.16. The summed E-state index contributed by atoms with van der Waals surface area (Å²) in [6, 6.07) is 4.82. The quantitative estimate of drug-likeness (QED) is 0.808. The summed E-state index contributed by atoms with van der Waals surface area (Å²) in [5.74, 6) is -0.722. The van der Waals surface area contributed by atoms with Crippen molar-refractivity contribution >= 4 is 17.5 Å². The second kappa shape index (κ2) is 5.16. The van der Waals surface area contributed by atoms with E-state index in [1.807, 2.05) is 13.0 Å². The molecule has 3 N–H and O–H groups in total. The molecule has 0 spiro atoms. The van der Waals surface area contributed by atoms with Gasteiger partial charge in [0.25, 0.3) is 0 Å². The maximum atomic E-state index is 10.8. The predicted molar refractivity (Wildman–Crippen MR) is 63.7 cm³/mol. The van der Waals surface area contributed by atoms with E-state index in [0.29, 0.717) is 17.9 Å². The van der Waals surface area contributed by atoms with Gasteiger partial charge < -0.3 is 15.7 Å². The number of pyridine rings is 1. The Morgan fingerprint density at radius 2 is 2.35 bits per heavy atom. The molecular weight excluding hydrogens is 220 g/mol. The molecule has 0 bridgehead atoms. The summed E-state index contributed by atoms with van der Waals surface area (Å²) in [7, 11) is 1.73. The molecule has 0 aliphatic heterocycles. The number of carbonyl (C=O) groups is 1. The summed E-state index contributed by atoms with van der Waals surface area (Å²) in [5.41, 5.74) is 6.07. The first-order chi connectivity index (χ1) is 7.97. The fraction of sp³-hybridized carbons (Fsp3) is 0.364. The second-order valence-electron chi connectivity index (χ2n) is 3.74. The number of aromatic carboxylic acids is 1. The largest absolute Gasteiger partial charge is 0.477 e. The number of nitrogens with two attached hydrogens (primary N) is 1. The standard InChI is InChI=1S/C11H14N4O2/c1-7(5-6-12)15(2)10-8(13)3-4-9(14-10)11(16)17/h3-4,7H,5,13H2,1-2H3,(H,16,17). The lowest BCUT2D eigenvalue weighted by molar-refractivity contribution is 0.0690. The second-order valence-corrected chi connectivity index (χ2v) is 3.74. The van der Waals surface area contributed by atoms with Gasteiger partial charge in [-0.3, -0.25) is 0 Å². The molecule has 17 heavy (non-hydrogen) atoms. The molecule has 0 saturated heterocycles. The third-order valence-electron chi connectivity index (χ3n) is 2.51. The van der Waals surface area contributed by atoms with Crippen LogP contribution < -0.4 is 10.6 Å². The van der Waals surface area contributed by atoms with Gasteiger partial charge in [0.15, 0.2) is 11.5 Å². The number of rotatable bonds is 4. The van der Waals surface area contributed by atoms with Crippen LogP contribution in [-0.2, 0) is 0 Å². The van der Waals surface area contributed by atoms with Crippen LogP contribution >= 0.6 is 0 Å². The van der Waals surface area contributed by atoms with E-state index in [1.165, 1.54) is 12.1 Å². The molecule has 1 aromatic rings. The third-order valence-corrected chi connectivity index (χ3v) is 2.51. The molecule has 0 fully saturated rings. The first kappa shape index (κ1) is 12.8. The van der Waals surface area contributed by atoms with E-state index in [1.54, 1.807) is 11.9 Å². The number of nitrogen functional groups attached to an aromatic ring is 1. The van der Waals surface area contributed by atoms with E-state index >= 15 is 0 Å². The summed E-state index contributed by atoms with van der Waals surface area (Å²) >= 11 is 0. The van der Waals surface area contributed by atoms with E-state index in [-0.39, 0.29) is 11.7 Å². The number of anilines is 2.